The van der Waals surface area contributed by atoms with Crippen LogP contribution in [0.1, 0.15) is 0 Å². The van der Waals surface area contributed by atoms with E-state index in [1.165, 1.54) is 0 Å². The van der Waals surface area contributed by atoms with Crippen molar-refractivity contribution >= 4 is 0 Å². The predicted molar refractivity (Wildman–Crippen MR) is 43.1 cm³/mol. The standard InChI is InChI=1S/C8H4F12O2/c1-3(10)5(13,14)22-8(19,20)6(15,16)7(17,18)21-4(11,12)2-9/h1-2H2. The third kappa shape index (κ3) is 4.18. The average Bonchev–Trinajstić information content (AvgIpc) is 2.25. The molecule has 0 amide bonds. The summed E-state index contributed by atoms with van der Waals surface area (Å²) in [6, 6.07) is 0. The van der Waals surface area contributed by atoms with E-state index in [9.17, 15) is 52.7 Å². The lowest BCUT2D eigenvalue weighted by Gasteiger charge is -2.34. The Morgan fingerprint density at radius 3 is 1.45 bits per heavy atom. The zero-order chi connectivity index (χ0) is 18.2. The van der Waals surface area contributed by atoms with E-state index in [-0.39, 0.29) is 0 Å². The summed E-state index contributed by atoms with van der Waals surface area (Å²) in [4.78, 5) is 0. The molecule has 0 unspecified atom stereocenters. The molecule has 0 aliphatic heterocycles. The second-order valence-electron chi connectivity index (χ2n) is 3.50. The van der Waals surface area contributed by atoms with E-state index in [1.807, 2.05) is 9.47 Å². The highest BCUT2D eigenvalue weighted by Gasteiger charge is 2.78. The fourth-order valence-corrected chi connectivity index (χ4v) is 0.729. The van der Waals surface area contributed by atoms with Crippen molar-refractivity contribution in [3.8, 4) is 0 Å². The summed E-state index contributed by atoms with van der Waals surface area (Å²) in [5, 5.41) is 0. The Kier molecular flexibility index (Phi) is 5.48. The molecule has 0 N–H and O–H groups in total. The van der Waals surface area contributed by atoms with Gasteiger partial charge in [-0.15, -0.1) is 0 Å². The first-order valence-corrected chi connectivity index (χ1v) is 4.62. The van der Waals surface area contributed by atoms with Gasteiger partial charge in [-0.25, -0.2) is 18.3 Å². The average molecular weight is 360 g/mol. The Labute approximate surface area is 113 Å². The van der Waals surface area contributed by atoms with Crippen molar-refractivity contribution < 1.29 is 62.2 Å². The van der Waals surface area contributed by atoms with E-state index < -0.39 is 42.9 Å². The molecule has 0 radical (unpaired) electrons. The van der Waals surface area contributed by atoms with Crippen LogP contribution in [-0.4, -0.2) is 37.0 Å². The lowest BCUT2D eigenvalue weighted by molar-refractivity contribution is -0.508. The van der Waals surface area contributed by atoms with Crippen molar-refractivity contribution in [3.05, 3.63) is 12.4 Å². The molecule has 0 bridgehead atoms. The molecular formula is C8H4F12O2. The summed E-state index contributed by atoms with van der Waals surface area (Å²) >= 11 is 0. The SMILES string of the molecule is C=C(F)C(F)(F)OC(F)(F)C(F)(F)C(F)(F)OC(F)(F)CF. The molecule has 0 aromatic heterocycles. The van der Waals surface area contributed by atoms with Crippen LogP contribution in [0.2, 0.25) is 0 Å². The number of rotatable bonds is 8. The number of hydrogen-bond donors (Lipinski definition) is 0. The fourth-order valence-electron chi connectivity index (χ4n) is 0.729. The normalized spacial score (nSPS) is 15.1. The zero-order valence-electron chi connectivity index (χ0n) is 9.77. The molecule has 0 saturated heterocycles. The first-order valence-electron chi connectivity index (χ1n) is 4.62. The molecule has 0 heterocycles. The van der Waals surface area contributed by atoms with Crippen LogP contribution in [0.5, 0.6) is 0 Å². The molecule has 0 aromatic rings. The van der Waals surface area contributed by atoms with Gasteiger partial charge in [-0.2, -0.15) is 43.9 Å². The number of alkyl halides is 11. The lowest BCUT2D eigenvalue weighted by Crippen LogP contribution is -2.60. The maximum absolute atomic E-state index is 12.7. The van der Waals surface area contributed by atoms with Crippen LogP contribution in [0.3, 0.4) is 0 Å². The minimum atomic E-state index is -7.16. The van der Waals surface area contributed by atoms with Crippen molar-refractivity contribution in [2.24, 2.45) is 0 Å². The predicted octanol–water partition coefficient (Wildman–Crippen LogP) is 4.48. The lowest BCUT2D eigenvalue weighted by atomic mass is 10.3. The third-order valence-corrected chi connectivity index (χ3v) is 1.74. The van der Waals surface area contributed by atoms with Crippen molar-refractivity contribution in [3.63, 3.8) is 0 Å². The molecule has 14 heteroatoms. The Bertz CT molecular complexity index is 417. The van der Waals surface area contributed by atoms with Crippen LogP contribution < -0.4 is 0 Å². The highest BCUT2D eigenvalue weighted by molar-refractivity contribution is 4.94. The number of hydrogen-bond acceptors (Lipinski definition) is 2. The molecule has 0 saturated carbocycles. The van der Waals surface area contributed by atoms with Gasteiger partial charge in [0, 0.05) is 0 Å². The maximum Gasteiger partial charge on any atom is 0.433 e. The second kappa shape index (κ2) is 5.79. The quantitative estimate of drug-likeness (QED) is 0.595. The summed E-state index contributed by atoms with van der Waals surface area (Å²) < 4.78 is 152. The molecule has 0 fully saturated rings. The van der Waals surface area contributed by atoms with Gasteiger partial charge in [0.2, 0.25) is 0 Å². The van der Waals surface area contributed by atoms with Crippen LogP contribution in [0.4, 0.5) is 52.7 Å². The molecule has 0 rings (SSSR count). The van der Waals surface area contributed by atoms with Gasteiger partial charge in [-0.05, 0) is 0 Å². The minimum Gasteiger partial charge on any atom is -0.248 e. The monoisotopic (exact) mass is 360 g/mol. The Morgan fingerprint density at radius 1 is 0.773 bits per heavy atom. The topological polar surface area (TPSA) is 18.5 Å². The van der Waals surface area contributed by atoms with E-state index in [0.29, 0.717) is 0 Å². The molecule has 0 aromatic carbocycles. The van der Waals surface area contributed by atoms with Gasteiger partial charge in [0.15, 0.2) is 12.5 Å². The molecule has 0 aliphatic rings. The Morgan fingerprint density at radius 2 is 1.14 bits per heavy atom. The van der Waals surface area contributed by atoms with Crippen LogP contribution >= 0.6 is 0 Å². The van der Waals surface area contributed by atoms with Crippen molar-refractivity contribution in [1.29, 1.82) is 0 Å². The minimum absolute atomic E-state index is 1.72. The number of ether oxygens (including phenoxy) is 2. The largest absolute Gasteiger partial charge is 0.433 e. The molecule has 0 aliphatic carbocycles. The van der Waals surface area contributed by atoms with Gasteiger partial charge in [-0.1, -0.05) is 6.58 Å². The summed E-state index contributed by atoms with van der Waals surface area (Å²) in [6.07, 6.45) is -25.3. The second-order valence-corrected chi connectivity index (χ2v) is 3.50. The number of halogens is 12. The van der Waals surface area contributed by atoms with E-state index in [1.54, 1.807) is 6.58 Å². The van der Waals surface area contributed by atoms with Crippen molar-refractivity contribution in [2.45, 2.75) is 30.4 Å². The van der Waals surface area contributed by atoms with Gasteiger partial charge in [0.1, 0.15) is 0 Å². The van der Waals surface area contributed by atoms with Gasteiger partial charge in [0.25, 0.3) is 0 Å². The highest BCUT2D eigenvalue weighted by atomic mass is 19.4. The van der Waals surface area contributed by atoms with E-state index >= 15 is 0 Å². The van der Waals surface area contributed by atoms with Crippen LogP contribution in [0.25, 0.3) is 0 Å². The highest BCUT2D eigenvalue weighted by Crippen LogP contribution is 2.51. The molecule has 22 heavy (non-hydrogen) atoms. The van der Waals surface area contributed by atoms with Crippen molar-refractivity contribution in [1.82, 2.24) is 0 Å². The summed E-state index contributed by atoms with van der Waals surface area (Å²) in [5.41, 5.74) is 0. The van der Waals surface area contributed by atoms with E-state index in [4.69, 9.17) is 0 Å². The van der Waals surface area contributed by atoms with Crippen LogP contribution in [0, 0.1) is 0 Å². The molecular weight excluding hydrogens is 356 g/mol. The molecule has 132 valence electrons. The van der Waals surface area contributed by atoms with Gasteiger partial charge in [0.05, 0.1) is 0 Å². The van der Waals surface area contributed by atoms with Gasteiger partial charge in [-0.3, -0.25) is 0 Å². The first kappa shape index (κ1) is 20.8. The first-order chi connectivity index (χ1) is 9.42. The zero-order valence-corrected chi connectivity index (χ0v) is 9.77. The van der Waals surface area contributed by atoms with Gasteiger partial charge < -0.3 is 0 Å². The smallest absolute Gasteiger partial charge is 0.248 e. The summed E-state index contributed by atoms with van der Waals surface area (Å²) in [5.74, 6) is -10.2. The summed E-state index contributed by atoms with van der Waals surface area (Å²) in [6.45, 7) is -1.40. The summed E-state index contributed by atoms with van der Waals surface area (Å²) in [7, 11) is 0. The van der Waals surface area contributed by atoms with Crippen LogP contribution in [0.15, 0.2) is 12.4 Å². The molecule has 2 nitrogen and oxygen atoms in total. The van der Waals surface area contributed by atoms with E-state index in [0.717, 1.165) is 0 Å². The maximum atomic E-state index is 12.7. The molecule has 0 spiro atoms. The van der Waals surface area contributed by atoms with Crippen molar-refractivity contribution in [2.75, 3.05) is 6.67 Å². The van der Waals surface area contributed by atoms with Crippen LogP contribution in [-0.2, 0) is 9.47 Å². The molecule has 0 atom stereocenters. The third-order valence-electron chi connectivity index (χ3n) is 1.74. The van der Waals surface area contributed by atoms with E-state index in [2.05, 4.69) is 0 Å². The Balaban J connectivity index is 5.55. The van der Waals surface area contributed by atoms with Gasteiger partial charge >= 0.3 is 30.4 Å². The Hall–Kier alpha value is -1.18. The fraction of sp³-hybridized carbons (Fsp3) is 0.750.